The summed E-state index contributed by atoms with van der Waals surface area (Å²) in [7, 11) is 0. The Morgan fingerprint density at radius 2 is 1.71 bits per heavy atom. The molecule has 6 N–H and O–H groups in total. The number of aliphatic carboxylic acids is 1. The van der Waals surface area contributed by atoms with Gasteiger partial charge in [-0.3, -0.25) is 4.79 Å². The fourth-order valence-corrected chi connectivity index (χ4v) is 2.17. The molecule has 7 nitrogen and oxygen atoms in total. The third-order valence-electron chi connectivity index (χ3n) is 3.35. The van der Waals surface area contributed by atoms with Gasteiger partial charge >= 0.3 is 12.1 Å². The predicted octanol–water partition coefficient (Wildman–Crippen LogP) is 2.96. The van der Waals surface area contributed by atoms with E-state index in [4.69, 9.17) is 16.6 Å². The van der Waals surface area contributed by atoms with Gasteiger partial charge in [0.25, 0.3) is 5.91 Å². The molecule has 0 aromatic heterocycles. The average Bonchev–Trinajstić information content (AvgIpc) is 2.59. The second-order valence-corrected chi connectivity index (χ2v) is 5.55. The van der Waals surface area contributed by atoms with Crippen LogP contribution in [0.5, 0.6) is 0 Å². The average molecular weight is 392 g/mol. The number of carboxylic acid groups (broad SMARTS) is 1. The Bertz CT molecular complexity index is 948. The zero-order valence-electron chi connectivity index (χ0n) is 14.2. The summed E-state index contributed by atoms with van der Waals surface area (Å²) in [5.41, 5.74) is 9.68. The van der Waals surface area contributed by atoms with E-state index < -0.39 is 29.6 Å². The number of carboxylic acids is 1. The van der Waals surface area contributed by atoms with Gasteiger partial charge in [0.05, 0.1) is 11.3 Å². The highest BCUT2D eigenvalue weighted by atomic mass is 19.4. The van der Waals surface area contributed by atoms with E-state index in [1.54, 1.807) is 0 Å². The molecule has 2 aromatic carbocycles. The van der Waals surface area contributed by atoms with E-state index in [0.29, 0.717) is 17.3 Å². The van der Waals surface area contributed by atoms with Crippen LogP contribution in [0.1, 0.15) is 21.5 Å². The molecule has 0 atom stereocenters. The van der Waals surface area contributed by atoms with Crippen LogP contribution < -0.4 is 16.8 Å². The highest BCUT2D eigenvalue weighted by Crippen LogP contribution is 2.33. The van der Waals surface area contributed by atoms with Crippen LogP contribution in [0.25, 0.3) is 6.08 Å². The van der Waals surface area contributed by atoms with E-state index in [0.717, 1.165) is 18.2 Å². The summed E-state index contributed by atoms with van der Waals surface area (Å²) in [6.45, 7) is 0. The molecular weight excluding hydrogens is 377 g/mol. The van der Waals surface area contributed by atoms with Gasteiger partial charge in [-0.2, -0.15) is 13.2 Å². The number of nitrogens with two attached hydrogens (primary N) is 2. The minimum atomic E-state index is -4.69. The Balaban J connectivity index is 2.28. The first kappa shape index (κ1) is 20.5. The summed E-state index contributed by atoms with van der Waals surface area (Å²) < 4.78 is 39.2. The summed E-state index contributed by atoms with van der Waals surface area (Å²) in [6.07, 6.45) is -2.40. The molecule has 2 aromatic rings. The number of carbonyl (C=O) groups excluding carboxylic acids is 1. The second-order valence-electron chi connectivity index (χ2n) is 5.55. The maximum absolute atomic E-state index is 13.1. The Morgan fingerprint density at radius 3 is 2.25 bits per heavy atom. The molecule has 0 aliphatic carbocycles. The van der Waals surface area contributed by atoms with Gasteiger partial charge in [0.1, 0.15) is 0 Å². The van der Waals surface area contributed by atoms with Crippen molar-refractivity contribution >= 4 is 35.3 Å². The van der Waals surface area contributed by atoms with Crippen LogP contribution in [-0.2, 0) is 11.0 Å². The minimum absolute atomic E-state index is 0.214. The summed E-state index contributed by atoms with van der Waals surface area (Å²) in [5.74, 6) is -2.36. The Labute approximate surface area is 157 Å². The van der Waals surface area contributed by atoms with Crippen molar-refractivity contribution in [2.75, 3.05) is 5.32 Å². The lowest BCUT2D eigenvalue weighted by molar-refractivity contribution is -0.137. The molecule has 0 saturated heterocycles. The van der Waals surface area contributed by atoms with Crippen molar-refractivity contribution in [1.82, 2.24) is 0 Å². The van der Waals surface area contributed by atoms with Gasteiger partial charge in [-0.1, -0.05) is 12.1 Å². The van der Waals surface area contributed by atoms with Crippen LogP contribution >= 0.6 is 0 Å². The van der Waals surface area contributed by atoms with Crippen molar-refractivity contribution in [2.24, 2.45) is 16.5 Å². The molecule has 0 aliphatic rings. The fourth-order valence-electron chi connectivity index (χ4n) is 2.17. The maximum Gasteiger partial charge on any atom is 0.416 e. The van der Waals surface area contributed by atoms with Gasteiger partial charge in [-0.25, -0.2) is 9.79 Å². The fraction of sp³-hybridized carbons (Fsp3) is 0.0556. The van der Waals surface area contributed by atoms with E-state index in [9.17, 15) is 22.8 Å². The SMILES string of the molecule is NC(N)=Nc1cc(C(=O)Nc2ccc(/C=C/C(=O)O)cc2)cc(C(F)(F)F)c1. The standard InChI is InChI=1S/C18H15F3N4O3/c19-18(20,21)12-7-11(8-14(9-12)25-17(22)23)16(28)24-13-4-1-10(2-5-13)3-6-15(26)27/h1-9H,(H,24,28)(H,26,27)(H4,22,23,25)/b6-3+. The van der Waals surface area contributed by atoms with Crippen LogP contribution in [0, 0.1) is 0 Å². The van der Waals surface area contributed by atoms with Crippen LogP contribution in [0.15, 0.2) is 53.5 Å². The predicted molar refractivity (Wildman–Crippen MR) is 98.0 cm³/mol. The topological polar surface area (TPSA) is 131 Å². The lowest BCUT2D eigenvalue weighted by atomic mass is 10.1. The molecule has 1 amide bonds. The zero-order valence-corrected chi connectivity index (χ0v) is 14.2. The highest BCUT2D eigenvalue weighted by molar-refractivity contribution is 6.05. The number of benzene rings is 2. The third-order valence-corrected chi connectivity index (χ3v) is 3.35. The van der Waals surface area contributed by atoms with Crippen LogP contribution in [-0.4, -0.2) is 22.9 Å². The lowest BCUT2D eigenvalue weighted by Gasteiger charge is -2.11. The monoisotopic (exact) mass is 392 g/mol. The number of alkyl halides is 3. The van der Waals surface area contributed by atoms with E-state index in [2.05, 4.69) is 10.3 Å². The number of carbonyl (C=O) groups is 2. The molecule has 0 spiro atoms. The number of hydrogen-bond donors (Lipinski definition) is 4. The van der Waals surface area contributed by atoms with Gasteiger partial charge in [-0.15, -0.1) is 0 Å². The third kappa shape index (κ3) is 5.87. The largest absolute Gasteiger partial charge is 0.478 e. The molecule has 0 unspecified atom stereocenters. The number of nitrogens with one attached hydrogen (secondary N) is 1. The molecule has 10 heteroatoms. The first-order valence-corrected chi connectivity index (χ1v) is 7.69. The van der Waals surface area contributed by atoms with E-state index in [1.165, 1.54) is 30.3 Å². The maximum atomic E-state index is 13.1. The molecule has 28 heavy (non-hydrogen) atoms. The van der Waals surface area contributed by atoms with E-state index in [1.807, 2.05) is 0 Å². The van der Waals surface area contributed by atoms with Crippen molar-refractivity contribution in [2.45, 2.75) is 6.18 Å². The molecule has 2 rings (SSSR count). The quantitative estimate of drug-likeness (QED) is 0.353. The first-order valence-electron chi connectivity index (χ1n) is 7.69. The number of hydrogen-bond acceptors (Lipinski definition) is 3. The normalized spacial score (nSPS) is 11.2. The summed E-state index contributed by atoms with van der Waals surface area (Å²) >= 11 is 0. The van der Waals surface area contributed by atoms with Crippen molar-refractivity contribution in [3.05, 3.63) is 65.2 Å². The Kier molecular flexibility index (Phi) is 6.04. The van der Waals surface area contributed by atoms with Crippen molar-refractivity contribution in [3.63, 3.8) is 0 Å². The van der Waals surface area contributed by atoms with Crippen molar-refractivity contribution < 1.29 is 27.9 Å². The van der Waals surface area contributed by atoms with Crippen molar-refractivity contribution in [1.29, 1.82) is 0 Å². The van der Waals surface area contributed by atoms with Gasteiger partial charge < -0.3 is 21.9 Å². The van der Waals surface area contributed by atoms with Crippen LogP contribution in [0.4, 0.5) is 24.5 Å². The molecule has 0 saturated carbocycles. The van der Waals surface area contributed by atoms with Gasteiger partial charge in [0.15, 0.2) is 5.96 Å². The van der Waals surface area contributed by atoms with Crippen LogP contribution in [0.3, 0.4) is 0 Å². The minimum Gasteiger partial charge on any atom is -0.478 e. The lowest BCUT2D eigenvalue weighted by Crippen LogP contribution is -2.22. The molecule has 0 aliphatic heterocycles. The summed E-state index contributed by atoms with van der Waals surface area (Å²) in [4.78, 5) is 26.4. The Hall–Kier alpha value is -3.82. The van der Waals surface area contributed by atoms with Crippen molar-refractivity contribution in [3.8, 4) is 0 Å². The molecule has 0 heterocycles. The smallest absolute Gasteiger partial charge is 0.416 e. The molecular formula is C18H15F3N4O3. The van der Waals surface area contributed by atoms with E-state index >= 15 is 0 Å². The number of anilines is 1. The molecule has 146 valence electrons. The number of guanidine groups is 1. The first-order chi connectivity index (χ1) is 13.0. The van der Waals surface area contributed by atoms with Gasteiger partial charge in [0.2, 0.25) is 0 Å². The van der Waals surface area contributed by atoms with Crippen LogP contribution in [0.2, 0.25) is 0 Å². The van der Waals surface area contributed by atoms with E-state index in [-0.39, 0.29) is 11.3 Å². The summed E-state index contributed by atoms with van der Waals surface area (Å²) in [5, 5.41) is 11.0. The molecule has 0 radical (unpaired) electrons. The number of halogens is 3. The number of nitrogens with zero attached hydrogens (tertiary/aromatic N) is 1. The van der Waals surface area contributed by atoms with Gasteiger partial charge in [0, 0.05) is 17.3 Å². The zero-order chi connectivity index (χ0) is 20.9. The number of rotatable bonds is 5. The number of aliphatic imine (C=N–C) groups is 1. The molecule has 0 bridgehead atoms. The molecule has 0 fully saturated rings. The second kappa shape index (κ2) is 8.25. The summed E-state index contributed by atoms with van der Waals surface area (Å²) in [6, 6.07) is 8.55. The van der Waals surface area contributed by atoms with Gasteiger partial charge in [-0.05, 0) is 42.0 Å². The Morgan fingerprint density at radius 1 is 1.07 bits per heavy atom. The highest BCUT2D eigenvalue weighted by Gasteiger charge is 2.32. The number of amides is 1.